The SMILES string of the molecule is Cc1cc(C)c(S(=O)(=O)NCCC(=O)NC(c2nc(C3CC3)no2)C(C)C)c(C)c1. The third-order valence-corrected chi connectivity index (χ3v) is 6.93. The Morgan fingerprint density at radius 2 is 1.83 bits per heavy atom. The Kier molecular flexibility index (Phi) is 6.62. The van der Waals surface area contributed by atoms with Gasteiger partial charge in [0.15, 0.2) is 5.82 Å². The van der Waals surface area contributed by atoms with Crippen LogP contribution in [-0.4, -0.2) is 31.0 Å². The van der Waals surface area contributed by atoms with Gasteiger partial charge < -0.3 is 9.84 Å². The second-order valence-electron chi connectivity index (χ2n) is 8.43. The van der Waals surface area contributed by atoms with Crippen LogP contribution in [0.15, 0.2) is 21.6 Å². The normalized spacial score (nSPS) is 15.4. The molecule has 164 valence electrons. The largest absolute Gasteiger partial charge is 0.344 e. The van der Waals surface area contributed by atoms with E-state index >= 15 is 0 Å². The molecule has 1 atom stereocenters. The predicted octanol–water partition coefficient (Wildman–Crippen LogP) is 3.05. The van der Waals surface area contributed by atoms with Crippen LogP contribution in [-0.2, 0) is 14.8 Å². The number of aromatic nitrogens is 2. The first kappa shape index (κ1) is 22.4. The molecular weight excluding hydrogens is 404 g/mol. The molecule has 0 radical (unpaired) electrons. The number of carbonyl (C=O) groups excluding carboxylic acids is 1. The van der Waals surface area contributed by atoms with E-state index in [0.29, 0.717) is 28.8 Å². The van der Waals surface area contributed by atoms with Gasteiger partial charge in [-0.25, -0.2) is 13.1 Å². The van der Waals surface area contributed by atoms with Crippen molar-refractivity contribution in [3.8, 4) is 0 Å². The van der Waals surface area contributed by atoms with Gasteiger partial charge in [0.05, 0.1) is 4.90 Å². The molecule has 1 fully saturated rings. The topological polar surface area (TPSA) is 114 Å². The molecule has 1 aliphatic rings. The number of amides is 1. The Morgan fingerprint density at radius 1 is 1.20 bits per heavy atom. The van der Waals surface area contributed by atoms with Gasteiger partial charge in [-0.2, -0.15) is 4.98 Å². The van der Waals surface area contributed by atoms with E-state index in [1.165, 1.54) is 0 Å². The van der Waals surface area contributed by atoms with Gasteiger partial charge in [0.1, 0.15) is 6.04 Å². The molecule has 1 saturated carbocycles. The van der Waals surface area contributed by atoms with Crippen molar-refractivity contribution in [1.82, 2.24) is 20.2 Å². The molecule has 1 aliphatic carbocycles. The van der Waals surface area contributed by atoms with E-state index < -0.39 is 16.1 Å². The monoisotopic (exact) mass is 434 g/mol. The molecule has 1 unspecified atom stereocenters. The molecule has 1 amide bonds. The number of nitrogens with one attached hydrogen (secondary N) is 2. The van der Waals surface area contributed by atoms with Crippen molar-refractivity contribution in [2.24, 2.45) is 5.92 Å². The summed E-state index contributed by atoms with van der Waals surface area (Å²) in [6.07, 6.45) is 2.14. The van der Waals surface area contributed by atoms with Gasteiger partial charge in [0.2, 0.25) is 21.8 Å². The highest BCUT2D eigenvalue weighted by molar-refractivity contribution is 7.89. The maximum atomic E-state index is 12.7. The van der Waals surface area contributed by atoms with Crippen molar-refractivity contribution in [1.29, 1.82) is 0 Å². The van der Waals surface area contributed by atoms with Gasteiger partial charge in [-0.05, 0) is 50.7 Å². The lowest BCUT2D eigenvalue weighted by Gasteiger charge is -2.18. The standard InChI is InChI=1S/C21H30N4O4S/c1-12(2)18(21-24-20(25-29-21)16-6-7-16)23-17(26)8-9-22-30(27,28)19-14(4)10-13(3)11-15(19)5/h10-12,16,18,22H,6-9H2,1-5H3,(H,23,26). The summed E-state index contributed by atoms with van der Waals surface area (Å²) < 4.78 is 33.3. The fourth-order valence-electron chi connectivity index (χ4n) is 3.60. The Bertz CT molecular complexity index is 1000. The molecule has 8 nitrogen and oxygen atoms in total. The molecule has 0 saturated heterocycles. The quantitative estimate of drug-likeness (QED) is 0.627. The lowest BCUT2D eigenvalue weighted by molar-refractivity contribution is -0.122. The van der Waals surface area contributed by atoms with Gasteiger partial charge in [-0.3, -0.25) is 4.79 Å². The molecule has 0 spiro atoms. The summed E-state index contributed by atoms with van der Waals surface area (Å²) in [5.41, 5.74) is 2.38. The molecule has 1 aromatic carbocycles. The molecule has 2 aromatic rings. The third-order valence-electron chi connectivity index (χ3n) is 5.17. The minimum absolute atomic E-state index is 0.00287. The van der Waals surface area contributed by atoms with E-state index in [-0.39, 0.29) is 29.7 Å². The lowest BCUT2D eigenvalue weighted by atomic mass is 10.0. The predicted molar refractivity (Wildman–Crippen MR) is 112 cm³/mol. The van der Waals surface area contributed by atoms with Crippen molar-refractivity contribution >= 4 is 15.9 Å². The van der Waals surface area contributed by atoms with Crippen LogP contribution in [0.5, 0.6) is 0 Å². The van der Waals surface area contributed by atoms with Crippen molar-refractivity contribution in [2.45, 2.75) is 70.7 Å². The first-order valence-electron chi connectivity index (χ1n) is 10.3. The van der Waals surface area contributed by atoms with Crippen molar-refractivity contribution in [3.05, 3.63) is 40.5 Å². The fraction of sp³-hybridized carbons (Fsp3) is 0.571. The fourth-order valence-corrected chi connectivity index (χ4v) is 5.08. The summed E-state index contributed by atoms with van der Waals surface area (Å²) in [5, 5.41) is 6.90. The number of nitrogens with zero attached hydrogens (tertiary/aromatic N) is 2. The van der Waals surface area contributed by atoms with Crippen LogP contribution in [0.4, 0.5) is 0 Å². The molecule has 30 heavy (non-hydrogen) atoms. The van der Waals surface area contributed by atoms with Gasteiger partial charge >= 0.3 is 0 Å². The van der Waals surface area contributed by atoms with E-state index in [1.807, 2.05) is 32.9 Å². The second kappa shape index (κ2) is 8.85. The second-order valence-corrected chi connectivity index (χ2v) is 10.1. The Balaban J connectivity index is 1.59. The van der Waals surface area contributed by atoms with Crippen LogP contribution in [0.1, 0.15) is 73.5 Å². The van der Waals surface area contributed by atoms with Crippen LogP contribution >= 0.6 is 0 Å². The van der Waals surface area contributed by atoms with E-state index in [0.717, 1.165) is 18.4 Å². The van der Waals surface area contributed by atoms with Gasteiger partial charge in [-0.15, -0.1) is 0 Å². The third kappa shape index (κ3) is 5.26. The number of rotatable bonds is 9. The summed E-state index contributed by atoms with van der Waals surface area (Å²) in [6.45, 7) is 9.39. The maximum absolute atomic E-state index is 12.7. The molecule has 0 aliphatic heterocycles. The highest BCUT2D eigenvalue weighted by Crippen LogP contribution is 2.38. The first-order valence-corrected chi connectivity index (χ1v) is 11.8. The first-order chi connectivity index (χ1) is 14.1. The van der Waals surface area contributed by atoms with E-state index in [2.05, 4.69) is 20.2 Å². The van der Waals surface area contributed by atoms with Crippen LogP contribution < -0.4 is 10.0 Å². The molecule has 2 N–H and O–H groups in total. The molecule has 1 heterocycles. The number of sulfonamides is 1. The number of aryl methyl sites for hydroxylation is 3. The molecule has 1 aromatic heterocycles. The average molecular weight is 435 g/mol. The number of carbonyl (C=O) groups is 1. The highest BCUT2D eigenvalue weighted by atomic mass is 32.2. The smallest absolute Gasteiger partial charge is 0.249 e. The van der Waals surface area contributed by atoms with Crippen LogP contribution in [0.2, 0.25) is 0 Å². The van der Waals surface area contributed by atoms with E-state index in [9.17, 15) is 13.2 Å². The number of hydrogen-bond acceptors (Lipinski definition) is 6. The molecule has 0 bridgehead atoms. The highest BCUT2D eigenvalue weighted by Gasteiger charge is 2.31. The van der Waals surface area contributed by atoms with E-state index in [4.69, 9.17) is 4.52 Å². The average Bonchev–Trinajstić information content (AvgIpc) is 3.35. The summed E-state index contributed by atoms with van der Waals surface area (Å²) in [5.74, 6) is 1.23. The summed E-state index contributed by atoms with van der Waals surface area (Å²) in [4.78, 5) is 17.1. The zero-order valence-corrected chi connectivity index (χ0v) is 19.0. The van der Waals surface area contributed by atoms with E-state index in [1.54, 1.807) is 13.8 Å². The van der Waals surface area contributed by atoms with Gasteiger partial charge in [-0.1, -0.05) is 36.7 Å². The number of hydrogen-bond donors (Lipinski definition) is 2. The van der Waals surface area contributed by atoms with Gasteiger partial charge in [0.25, 0.3) is 0 Å². The maximum Gasteiger partial charge on any atom is 0.249 e. The Morgan fingerprint density at radius 3 is 2.40 bits per heavy atom. The molecule has 9 heteroatoms. The summed E-state index contributed by atoms with van der Waals surface area (Å²) in [6, 6.07) is 3.26. The minimum Gasteiger partial charge on any atom is -0.344 e. The van der Waals surface area contributed by atoms with Crippen molar-refractivity contribution in [2.75, 3.05) is 6.54 Å². The zero-order chi connectivity index (χ0) is 22.1. The molecule has 3 rings (SSSR count). The summed E-state index contributed by atoms with van der Waals surface area (Å²) in [7, 11) is -3.70. The Hall–Kier alpha value is -2.26. The van der Waals surface area contributed by atoms with Gasteiger partial charge in [0, 0.05) is 18.9 Å². The minimum atomic E-state index is -3.70. The molecular formula is C21H30N4O4S. The van der Waals surface area contributed by atoms with Crippen molar-refractivity contribution in [3.63, 3.8) is 0 Å². The summed E-state index contributed by atoms with van der Waals surface area (Å²) >= 11 is 0. The Labute approximate surface area is 177 Å². The van der Waals surface area contributed by atoms with Crippen LogP contribution in [0, 0.1) is 26.7 Å². The lowest BCUT2D eigenvalue weighted by Crippen LogP contribution is -2.35. The van der Waals surface area contributed by atoms with Crippen LogP contribution in [0.3, 0.4) is 0 Å². The van der Waals surface area contributed by atoms with Crippen molar-refractivity contribution < 1.29 is 17.7 Å². The zero-order valence-electron chi connectivity index (χ0n) is 18.2. The number of benzene rings is 1. The van der Waals surface area contributed by atoms with Crippen LogP contribution in [0.25, 0.3) is 0 Å².